The number of ether oxygens (including phenoxy) is 1. The minimum atomic E-state index is -0.327. The number of carbonyl (C=O) groups excluding carboxylic acids is 1. The maximum atomic E-state index is 10.1. The number of hydrogen-bond donors (Lipinski definition) is 2. The molecule has 0 saturated heterocycles. The van der Waals surface area contributed by atoms with Crippen LogP contribution in [0.4, 0.5) is 0 Å². The SMILES string of the molecule is CC(C)(N)CCOC(C)(C)CNC=O. The van der Waals surface area contributed by atoms with E-state index < -0.39 is 0 Å². The van der Waals surface area contributed by atoms with E-state index in [1.807, 2.05) is 27.7 Å². The number of amides is 1. The predicted octanol–water partition coefficient (Wildman–Crippen LogP) is 0.655. The molecule has 0 aromatic heterocycles. The van der Waals surface area contributed by atoms with Gasteiger partial charge in [0, 0.05) is 18.7 Å². The zero-order valence-electron chi connectivity index (χ0n) is 9.59. The second kappa shape index (κ2) is 5.32. The molecule has 0 saturated carbocycles. The van der Waals surface area contributed by atoms with Crippen molar-refractivity contribution in [1.29, 1.82) is 0 Å². The highest BCUT2D eigenvalue weighted by atomic mass is 16.5. The van der Waals surface area contributed by atoms with Crippen LogP contribution >= 0.6 is 0 Å². The zero-order chi connectivity index (χ0) is 11.2. The van der Waals surface area contributed by atoms with Crippen molar-refractivity contribution in [3.05, 3.63) is 0 Å². The van der Waals surface area contributed by atoms with Crippen LogP contribution in [0.2, 0.25) is 0 Å². The minimum Gasteiger partial charge on any atom is -0.374 e. The summed E-state index contributed by atoms with van der Waals surface area (Å²) in [6, 6.07) is 0. The van der Waals surface area contributed by atoms with Gasteiger partial charge in [0.05, 0.1) is 5.60 Å². The Balaban J connectivity index is 3.70. The molecular formula is C10H22N2O2. The number of rotatable bonds is 7. The van der Waals surface area contributed by atoms with Crippen LogP contribution in [-0.4, -0.2) is 30.7 Å². The molecule has 0 spiro atoms. The molecule has 0 heterocycles. The Labute approximate surface area is 86.2 Å². The molecule has 0 aliphatic rings. The molecule has 4 nitrogen and oxygen atoms in total. The smallest absolute Gasteiger partial charge is 0.207 e. The largest absolute Gasteiger partial charge is 0.374 e. The molecule has 0 radical (unpaired) electrons. The van der Waals surface area contributed by atoms with E-state index in [2.05, 4.69) is 5.32 Å². The van der Waals surface area contributed by atoms with Crippen LogP contribution in [-0.2, 0) is 9.53 Å². The van der Waals surface area contributed by atoms with Gasteiger partial charge in [-0.05, 0) is 34.1 Å². The highest BCUT2D eigenvalue weighted by Gasteiger charge is 2.19. The summed E-state index contributed by atoms with van der Waals surface area (Å²) in [4.78, 5) is 10.1. The lowest BCUT2D eigenvalue weighted by atomic mass is 10.0. The summed E-state index contributed by atoms with van der Waals surface area (Å²) in [5, 5.41) is 2.60. The highest BCUT2D eigenvalue weighted by Crippen LogP contribution is 2.11. The summed E-state index contributed by atoms with van der Waals surface area (Å²) in [6.07, 6.45) is 1.48. The Morgan fingerprint density at radius 1 is 1.36 bits per heavy atom. The molecule has 0 fully saturated rings. The Hall–Kier alpha value is -0.610. The van der Waals surface area contributed by atoms with Gasteiger partial charge in [0.1, 0.15) is 0 Å². The van der Waals surface area contributed by atoms with E-state index in [0.717, 1.165) is 6.42 Å². The van der Waals surface area contributed by atoms with Crippen molar-refractivity contribution < 1.29 is 9.53 Å². The number of nitrogens with one attached hydrogen (secondary N) is 1. The molecule has 0 unspecified atom stereocenters. The fraction of sp³-hybridized carbons (Fsp3) is 0.900. The summed E-state index contributed by atoms with van der Waals surface area (Å²) >= 11 is 0. The quantitative estimate of drug-likeness (QED) is 0.596. The number of carbonyl (C=O) groups is 1. The second-order valence-corrected chi connectivity index (χ2v) is 4.85. The first-order valence-corrected chi connectivity index (χ1v) is 4.87. The van der Waals surface area contributed by atoms with E-state index in [-0.39, 0.29) is 11.1 Å². The van der Waals surface area contributed by atoms with E-state index in [0.29, 0.717) is 19.6 Å². The van der Waals surface area contributed by atoms with Crippen molar-refractivity contribution >= 4 is 6.41 Å². The fourth-order valence-corrected chi connectivity index (χ4v) is 0.929. The van der Waals surface area contributed by atoms with Gasteiger partial charge in [-0.2, -0.15) is 0 Å². The molecule has 0 aromatic rings. The normalized spacial score (nSPS) is 12.6. The summed E-state index contributed by atoms with van der Waals surface area (Å²) in [5.41, 5.74) is 5.29. The van der Waals surface area contributed by atoms with E-state index in [4.69, 9.17) is 10.5 Å². The molecule has 4 heteroatoms. The molecule has 0 rings (SSSR count). The predicted molar refractivity (Wildman–Crippen MR) is 57.0 cm³/mol. The zero-order valence-corrected chi connectivity index (χ0v) is 9.59. The van der Waals surface area contributed by atoms with Gasteiger partial charge in [0.25, 0.3) is 0 Å². The first kappa shape index (κ1) is 13.4. The van der Waals surface area contributed by atoms with Crippen LogP contribution < -0.4 is 11.1 Å². The van der Waals surface area contributed by atoms with Crippen molar-refractivity contribution in [2.24, 2.45) is 5.73 Å². The molecule has 14 heavy (non-hydrogen) atoms. The third kappa shape index (κ3) is 8.01. The lowest BCUT2D eigenvalue weighted by Gasteiger charge is -2.27. The molecule has 0 aliphatic heterocycles. The van der Waals surface area contributed by atoms with Crippen molar-refractivity contribution in [2.45, 2.75) is 45.3 Å². The monoisotopic (exact) mass is 202 g/mol. The first-order chi connectivity index (χ1) is 6.27. The van der Waals surface area contributed by atoms with Crippen LogP contribution in [0.25, 0.3) is 0 Å². The van der Waals surface area contributed by atoms with Crippen LogP contribution in [0.5, 0.6) is 0 Å². The molecule has 84 valence electrons. The fourth-order valence-electron chi connectivity index (χ4n) is 0.929. The van der Waals surface area contributed by atoms with Crippen molar-refractivity contribution in [3.63, 3.8) is 0 Å². The second-order valence-electron chi connectivity index (χ2n) is 4.85. The maximum absolute atomic E-state index is 10.1. The molecule has 0 aromatic carbocycles. The molecule has 0 aliphatic carbocycles. The average molecular weight is 202 g/mol. The van der Waals surface area contributed by atoms with E-state index in [1.54, 1.807) is 0 Å². The highest BCUT2D eigenvalue weighted by molar-refractivity contribution is 5.45. The van der Waals surface area contributed by atoms with Gasteiger partial charge in [-0.3, -0.25) is 4.79 Å². The Bertz CT molecular complexity index is 173. The van der Waals surface area contributed by atoms with Gasteiger partial charge < -0.3 is 15.8 Å². The van der Waals surface area contributed by atoms with Crippen LogP contribution in [0.15, 0.2) is 0 Å². The molecule has 3 N–H and O–H groups in total. The summed E-state index contributed by atoms with van der Waals surface area (Å²) in [5.74, 6) is 0. The van der Waals surface area contributed by atoms with E-state index in [9.17, 15) is 4.79 Å². The van der Waals surface area contributed by atoms with Gasteiger partial charge >= 0.3 is 0 Å². The van der Waals surface area contributed by atoms with Crippen LogP contribution in [0.1, 0.15) is 34.1 Å². The Morgan fingerprint density at radius 2 is 1.93 bits per heavy atom. The van der Waals surface area contributed by atoms with Gasteiger partial charge in [0.15, 0.2) is 0 Å². The van der Waals surface area contributed by atoms with Gasteiger partial charge in [-0.25, -0.2) is 0 Å². The molecule has 0 bridgehead atoms. The molecule has 1 amide bonds. The number of hydrogen-bond acceptors (Lipinski definition) is 3. The average Bonchev–Trinajstić information content (AvgIpc) is 1.98. The van der Waals surface area contributed by atoms with Gasteiger partial charge in [-0.1, -0.05) is 0 Å². The number of nitrogens with two attached hydrogens (primary N) is 1. The van der Waals surface area contributed by atoms with Crippen LogP contribution in [0, 0.1) is 0 Å². The standard InChI is InChI=1S/C10H22N2O2/c1-9(2,11)5-6-14-10(3,4)7-12-8-13/h8H,5-7,11H2,1-4H3,(H,12,13). The summed E-state index contributed by atoms with van der Waals surface area (Å²) in [7, 11) is 0. The van der Waals surface area contributed by atoms with E-state index in [1.165, 1.54) is 0 Å². The molecule has 0 atom stereocenters. The summed E-state index contributed by atoms with van der Waals surface area (Å²) in [6.45, 7) is 8.93. The Kier molecular flexibility index (Phi) is 5.08. The minimum absolute atomic E-state index is 0.200. The van der Waals surface area contributed by atoms with Crippen molar-refractivity contribution in [2.75, 3.05) is 13.2 Å². The first-order valence-electron chi connectivity index (χ1n) is 4.87. The van der Waals surface area contributed by atoms with Gasteiger partial charge in [-0.15, -0.1) is 0 Å². The van der Waals surface area contributed by atoms with Crippen molar-refractivity contribution in [1.82, 2.24) is 5.32 Å². The molecular weight excluding hydrogens is 180 g/mol. The Morgan fingerprint density at radius 3 is 2.36 bits per heavy atom. The third-order valence-corrected chi connectivity index (χ3v) is 1.85. The lowest BCUT2D eigenvalue weighted by molar-refractivity contribution is -0.111. The third-order valence-electron chi connectivity index (χ3n) is 1.85. The maximum Gasteiger partial charge on any atom is 0.207 e. The van der Waals surface area contributed by atoms with Crippen molar-refractivity contribution in [3.8, 4) is 0 Å². The topological polar surface area (TPSA) is 64.3 Å². The summed E-state index contributed by atoms with van der Waals surface area (Å²) < 4.78 is 5.61. The van der Waals surface area contributed by atoms with E-state index >= 15 is 0 Å². The van der Waals surface area contributed by atoms with Gasteiger partial charge in [0.2, 0.25) is 6.41 Å². The lowest BCUT2D eigenvalue weighted by Crippen LogP contribution is -2.40. The van der Waals surface area contributed by atoms with Crippen LogP contribution in [0.3, 0.4) is 0 Å².